The molecule has 1 atom stereocenters. The van der Waals surface area contributed by atoms with Gasteiger partial charge < -0.3 is 14.0 Å². The third kappa shape index (κ3) is 2.18. The first-order valence-electron chi connectivity index (χ1n) is 7.58. The number of rotatable bonds is 3. The van der Waals surface area contributed by atoms with Gasteiger partial charge in [-0.05, 0) is 46.0 Å². The van der Waals surface area contributed by atoms with Crippen molar-refractivity contribution >= 4 is 20.4 Å². The van der Waals surface area contributed by atoms with E-state index in [0.717, 1.165) is 22.2 Å². The van der Waals surface area contributed by atoms with Crippen molar-refractivity contribution in [3.8, 4) is 17.2 Å². The second-order valence-corrected chi connectivity index (χ2v) is 6.80. The largest absolute Gasteiger partial charge is 0.393 e. The average molecular weight is 324 g/mol. The Morgan fingerprint density at radius 2 is 2.17 bits per heavy atom. The highest BCUT2D eigenvalue weighted by atomic mass is 31.0. The van der Waals surface area contributed by atoms with Gasteiger partial charge in [-0.3, -0.25) is 0 Å². The second kappa shape index (κ2) is 5.19. The van der Waals surface area contributed by atoms with Crippen LogP contribution in [-0.2, 0) is 5.54 Å². The Kier molecular flexibility index (Phi) is 3.26. The van der Waals surface area contributed by atoms with Crippen molar-refractivity contribution in [2.24, 2.45) is 0 Å². The van der Waals surface area contributed by atoms with E-state index >= 15 is 0 Å². The van der Waals surface area contributed by atoms with Gasteiger partial charge in [0, 0.05) is 35.7 Å². The van der Waals surface area contributed by atoms with E-state index in [1.165, 1.54) is 0 Å². The minimum absolute atomic E-state index is 0.259. The molecule has 4 rings (SSSR count). The summed E-state index contributed by atoms with van der Waals surface area (Å²) in [5, 5.41) is 19.9. The van der Waals surface area contributed by atoms with Crippen LogP contribution in [0.1, 0.15) is 19.3 Å². The predicted molar refractivity (Wildman–Crippen MR) is 91.7 cm³/mol. The smallest absolute Gasteiger partial charge is 0.143 e. The van der Waals surface area contributed by atoms with Crippen LogP contribution in [0.2, 0.25) is 0 Å². The first-order valence-corrected chi connectivity index (χ1v) is 8.10. The van der Waals surface area contributed by atoms with Gasteiger partial charge in [0.15, 0.2) is 0 Å². The van der Waals surface area contributed by atoms with Crippen molar-refractivity contribution < 1.29 is 5.11 Å². The standard InChI is InChI=1S/C17H17N4OP/c18-5-4-17(9-13(22)10-17)20-7-2-12(11-20)14-1-6-19-16-15(14)3-8-21(16)23/h1-3,6-8,11,13,22H,4,9-10,23H2. The second-order valence-electron chi connectivity index (χ2n) is 6.25. The van der Waals surface area contributed by atoms with E-state index < -0.39 is 0 Å². The number of pyridine rings is 1. The molecule has 3 heterocycles. The predicted octanol–water partition coefficient (Wildman–Crippen LogP) is 2.91. The molecule has 0 radical (unpaired) electrons. The Morgan fingerprint density at radius 3 is 2.91 bits per heavy atom. The van der Waals surface area contributed by atoms with Gasteiger partial charge in [0.2, 0.25) is 0 Å². The van der Waals surface area contributed by atoms with Gasteiger partial charge in [0.1, 0.15) is 5.65 Å². The fourth-order valence-corrected chi connectivity index (χ4v) is 3.86. The molecule has 23 heavy (non-hydrogen) atoms. The fourth-order valence-electron chi connectivity index (χ4n) is 3.57. The zero-order chi connectivity index (χ0) is 16.0. The fraction of sp³-hybridized carbons (Fsp3) is 0.294. The van der Waals surface area contributed by atoms with Gasteiger partial charge >= 0.3 is 0 Å². The monoisotopic (exact) mass is 324 g/mol. The number of nitrogens with zero attached hydrogens (tertiary/aromatic N) is 4. The number of aromatic nitrogens is 3. The molecule has 6 heteroatoms. The van der Waals surface area contributed by atoms with Crippen LogP contribution in [0.15, 0.2) is 43.0 Å². The van der Waals surface area contributed by atoms with E-state index in [1.54, 1.807) is 0 Å². The van der Waals surface area contributed by atoms with E-state index in [9.17, 15) is 5.11 Å². The van der Waals surface area contributed by atoms with Gasteiger partial charge in [-0.2, -0.15) is 5.26 Å². The van der Waals surface area contributed by atoms with Crippen LogP contribution in [0.3, 0.4) is 0 Å². The third-order valence-corrected chi connectivity index (χ3v) is 5.22. The molecule has 0 aromatic carbocycles. The molecule has 5 nitrogen and oxygen atoms in total. The van der Waals surface area contributed by atoms with Crippen molar-refractivity contribution in [2.75, 3.05) is 0 Å². The van der Waals surface area contributed by atoms with Gasteiger partial charge in [-0.15, -0.1) is 0 Å². The van der Waals surface area contributed by atoms with Crippen LogP contribution < -0.4 is 0 Å². The topological polar surface area (TPSA) is 66.8 Å². The highest BCUT2D eigenvalue weighted by molar-refractivity contribution is 7.14. The molecular weight excluding hydrogens is 307 g/mol. The molecule has 3 aromatic heterocycles. The number of aliphatic hydroxyl groups is 1. The van der Waals surface area contributed by atoms with Crippen molar-refractivity contribution in [3.05, 3.63) is 43.0 Å². The molecule has 1 N–H and O–H groups in total. The van der Waals surface area contributed by atoms with Crippen molar-refractivity contribution in [1.82, 2.24) is 13.9 Å². The zero-order valence-corrected chi connectivity index (χ0v) is 13.7. The van der Waals surface area contributed by atoms with Crippen LogP contribution >= 0.6 is 9.39 Å². The maximum absolute atomic E-state index is 9.70. The summed E-state index contributed by atoms with van der Waals surface area (Å²) in [6.45, 7) is 0. The molecule has 1 unspecified atom stereocenters. The van der Waals surface area contributed by atoms with Crippen molar-refractivity contribution in [3.63, 3.8) is 0 Å². The summed E-state index contributed by atoms with van der Waals surface area (Å²) in [5.74, 6) is 0. The van der Waals surface area contributed by atoms with Gasteiger partial charge in [0.25, 0.3) is 0 Å². The molecule has 0 saturated heterocycles. The summed E-state index contributed by atoms with van der Waals surface area (Å²) in [6.07, 6.45) is 9.29. The minimum atomic E-state index is -0.298. The lowest BCUT2D eigenvalue weighted by molar-refractivity contribution is -0.0197. The summed E-state index contributed by atoms with van der Waals surface area (Å²) in [7, 11) is 2.63. The highest BCUT2D eigenvalue weighted by Gasteiger charge is 2.44. The lowest BCUT2D eigenvalue weighted by atomic mass is 9.72. The van der Waals surface area contributed by atoms with Crippen LogP contribution in [0, 0.1) is 11.3 Å². The van der Waals surface area contributed by atoms with Crippen LogP contribution in [0.5, 0.6) is 0 Å². The zero-order valence-electron chi connectivity index (χ0n) is 12.6. The SMILES string of the molecule is N#CCC1(n2ccc(-c3ccnc4c3ccn4P)c2)CC(O)C1. The van der Waals surface area contributed by atoms with E-state index in [0.29, 0.717) is 19.3 Å². The normalized spacial score (nSPS) is 23.6. The lowest BCUT2D eigenvalue weighted by Crippen LogP contribution is -2.48. The summed E-state index contributed by atoms with van der Waals surface area (Å²) in [6, 6.07) is 8.40. The molecule has 0 spiro atoms. The number of hydrogen-bond donors (Lipinski definition) is 1. The Labute approximate surface area is 136 Å². The Balaban J connectivity index is 1.77. The Morgan fingerprint density at radius 1 is 1.35 bits per heavy atom. The van der Waals surface area contributed by atoms with Gasteiger partial charge in [-0.1, -0.05) is 0 Å². The molecule has 3 aromatic rings. The first-order chi connectivity index (χ1) is 11.1. The number of aliphatic hydroxyl groups excluding tert-OH is 1. The molecular formula is C17H17N4OP. The molecule has 1 aliphatic rings. The number of hydrogen-bond acceptors (Lipinski definition) is 3. The van der Waals surface area contributed by atoms with E-state index in [4.69, 9.17) is 5.26 Å². The first kappa shape index (κ1) is 14.4. The molecule has 116 valence electrons. The maximum Gasteiger partial charge on any atom is 0.143 e. The molecule has 1 saturated carbocycles. The van der Waals surface area contributed by atoms with Crippen LogP contribution in [0.25, 0.3) is 22.2 Å². The number of fused-ring (bicyclic) bond motifs is 1. The van der Waals surface area contributed by atoms with E-state index in [-0.39, 0.29) is 11.6 Å². The lowest BCUT2D eigenvalue weighted by Gasteiger charge is -2.45. The number of nitriles is 1. The van der Waals surface area contributed by atoms with E-state index in [1.807, 2.05) is 29.0 Å². The Hall–Kier alpha value is -2.15. The average Bonchev–Trinajstić information content (AvgIpc) is 3.13. The van der Waals surface area contributed by atoms with Gasteiger partial charge in [0.05, 0.1) is 24.1 Å². The van der Waals surface area contributed by atoms with Gasteiger partial charge in [-0.25, -0.2) is 4.98 Å². The molecule has 0 amide bonds. The maximum atomic E-state index is 9.70. The molecule has 1 aliphatic carbocycles. The van der Waals surface area contributed by atoms with Crippen molar-refractivity contribution in [2.45, 2.75) is 30.9 Å². The summed E-state index contributed by atoms with van der Waals surface area (Å²) in [5.41, 5.74) is 2.89. The van der Waals surface area contributed by atoms with E-state index in [2.05, 4.69) is 43.3 Å². The summed E-state index contributed by atoms with van der Waals surface area (Å²) in [4.78, 5) is 4.41. The molecule has 0 bridgehead atoms. The summed E-state index contributed by atoms with van der Waals surface area (Å²) >= 11 is 0. The minimum Gasteiger partial charge on any atom is -0.393 e. The third-order valence-electron chi connectivity index (χ3n) is 4.81. The molecule has 1 fully saturated rings. The molecule has 0 aliphatic heterocycles. The van der Waals surface area contributed by atoms with Crippen molar-refractivity contribution in [1.29, 1.82) is 5.26 Å². The Bertz CT molecular complexity index is 914. The summed E-state index contributed by atoms with van der Waals surface area (Å²) < 4.78 is 4.03. The quantitative estimate of drug-likeness (QED) is 0.753. The van der Waals surface area contributed by atoms with Crippen LogP contribution in [-0.4, -0.2) is 25.1 Å². The highest BCUT2D eigenvalue weighted by Crippen LogP contribution is 2.43. The van der Waals surface area contributed by atoms with Crippen LogP contribution in [0.4, 0.5) is 0 Å².